The second kappa shape index (κ2) is 2.77. The van der Waals surface area contributed by atoms with Crippen LogP contribution in [0.25, 0.3) is 0 Å². The second-order valence-corrected chi connectivity index (χ2v) is 3.94. The lowest BCUT2D eigenvalue weighted by atomic mass is 10.7. The fraction of sp³-hybridized carbons (Fsp3) is 0.333. The van der Waals surface area contributed by atoms with E-state index in [-0.39, 0.29) is 10.3 Å². The van der Waals surface area contributed by atoms with Gasteiger partial charge in [-0.05, 0) is 23.1 Å². The minimum Gasteiger partial charge on any atom is -0.202 e. The van der Waals surface area contributed by atoms with Crippen LogP contribution in [0.5, 0.6) is 0 Å². The molecule has 2 nitrogen and oxygen atoms in total. The van der Waals surface area contributed by atoms with Crippen molar-refractivity contribution in [1.29, 1.82) is 0 Å². The molecule has 0 saturated heterocycles. The zero-order valence-electron chi connectivity index (χ0n) is 4.31. The first-order valence-electron chi connectivity index (χ1n) is 2.06. The van der Waals surface area contributed by atoms with Gasteiger partial charge in [0.2, 0.25) is 10.3 Å². The van der Waals surface area contributed by atoms with E-state index in [0.717, 1.165) is 11.5 Å². The van der Waals surface area contributed by atoms with Crippen LogP contribution in [0.2, 0.25) is 4.47 Å². The summed E-state index contributed by atoms with van der Waals surface area (Å²) in [6.07, 6.45) is 0. The maximum Gasteiger partial charge on any atom is 0.318 e. The fourth-order valence-corrected chi connectivity index (χ4v) is 1.23. The number of rotatable bonds is 1. The van der Waals surface area contributed by atoms with Gasteiger partial charge in [-0.15, -0.1) is 0 Å². The van der Waals surface area contributed by atoms with Crippen molar-refractivity contribution < 1.29 is 4.39 Å². The van der Waals surface area contributed by atoms with Gasteiger partial charge in [0, 0.05) is 0 Å². The molecule has 0 aliphatic rings. The van der Waals surface area contributed by atoms with Gasteiger partial charge >= 0.3 is 4.59 Å². The van der Waals surface area contributed by atoms with Crippen molar-refractivity contribution >= 4 is 46.3 Å². The highest BCUT2D eigenvalue weighted by Crippen LogP contribution is 2.34. The van der Waals surface area contributed by atoms with Gasteiger partial charge in [0.05, 0.1) is 0 Å². The van der Waals surface area contributed by atoms with Crippen molar-refractivity contribution in [2.24, 2.45) is 0 Å². The Labute approximate surface area is 75.1 Å². The molecule has 0 aliphatic carbocycles. The summed E-state index contributed by atoms with van der Waals surface area (Å²) in [5.41, 5.74) is 0. The zero-order valence-corrected chi connectivity index (χ0v) is 7.40. The lowest BCUT2D eigenvalue weighted by molar-refractivity contribution is 0.389. The lowest BCUT2D eigenvalue weighted by Gasteiger charge is -2.00. The summed E-state index contributed by atoms with van der Waals surface area (Å²) in [7, 11) is 0. The van der Waals surface area contributed by atoms with E-state index in [0.29, 0.717) is 0 Å². The van der Waals surface area contributed by atoms with E-state index < -0.39 is 4.59 Å². The molecule has 0 radical (unpaired) electrons. The summed E-state index contributed by atoms with van der Waals surface area (Å²) in [6.45, 7) is 0. The van der Waals surface area contributed by atoms with Crippen LogP contribution < -0.4 is 0 Å². The highest BCUT2D eigenvalue weighted by Gasteiger charge is 2.30. The molecule has 1 rings (SSSR count). The molecule has 1 aromatic heterocycles. The Morgan fingerprint density at radius 2 is 2.10 bits per heavy atom. The van der Waals surface area contributed by atoms with Gasteiger partial charge in [-0.1, -0.05) is 23.2 Å². The van der Waals surface area contributed by atoms with Crippen molar-refractivity contribution in [2.75, 3.05) is 0 Å². The van der Waals surface area contributed by atoms with Crippen LogP contribution in [0.1, 0.15) is 5.82 Å². The van der Waals surface area contributed by atoms with Crippen LogP contribution in [-0.4, -0.2) is 9.36 Å². The van der Waals surface area contributed by atoms with Gasteiger partial charge in [0.1, 0.15) is 0 Å². The quantitative estimate of drug-likeness (QED) is 0.682. The smallest absolute Gasteiger partial charge is 0.202 e. The van der Waals surface area contributed by atoms with E-state index in [4.69, 9.17) is 34.8 Å². The van der Waals surface area contributed by atoms with Crippen LogP contribution in [0, 0.1) is 0 Å². The third-order valence-corrected chi connectivity index (χ3v) is 1.79. The van der Waals surface area contributed by atoms with Crippen molar-refractivity contribution in [1.82, 2.24) is 9.36 Å². The number of alkyl halides is 3. The molecule has 1 heterocycles. The van der Waals surface area contributed by atoms with Crippen LogP contribution >= 0.6 is 46.3 Å². The topological polar surface area (TPSA) is 25.8 Å². The highest BCUT2D eigenvalue weighted by atomic mass is 35.5. The highest BCUT2D eigenvalue weighted by molar-refractivity contribution is 7.10. The summed E-state index contributed by atoms with van der Waals surface area (Å²) in [5.74, 6) is -0.314. The molecule has 0 amide bonds. The van der Waals surface area contributed by atoms with E-state index in [1.54, 1.807) is 0 Å². The first-order chi connectivity index (χ1) is 4.50. The fourth-order valence-electron chi connectivity index (χ4n) is 0.320. The summed E-state index contributed by atoms with van der Waals surface area (Å²) < 4.78 is 13.5. The van der Waals surface area contributed by atoms with Crippen molar-refractivity contribution in [3.05, 3.63) is 10.3 Å². The molecule has 0 unspecified atom stereocenters. The van der Waals surface area contributed by atoms with Crippen molar-refractivity contribution in [3.8, 4) is 0 Å². The van der Waals surface area contributed by atoms with Gasteiger partial charge in [-0.2, -0.15) is 8.76 Å². The predicted molar refractivity (Wildman–Crippen MR) is 39.4 cm³/mol. The van der Waals surface area contributed by atoms with Gasteiger partial charge in [-0.25, -0.2) is 4.98 Å². The van der Waals surface area contributed by atoms with Gasteiger partial charge < -0.3 is 0 Å². The van der Waals surface area contributed by atoms with E-state index in [1.807, 2.05) is 0 Å². The Bertz CT molecular complexity index is 232. The average Bonchev–Trinajstić information content (AvgIpc) is 2.11. The largest absolute Gasteiger partial charge is 0.318 e. The monoisotopic (exact) mass is 220 g/mol. The van der Waals surface area contributed by atoms with Crippen LogP contribution in [-0.2, 0) is 4.59 Å². The number of halogens is 4. The molecule has 0 atom stereocenters. The third kappa shape index (κ3) is 1.92. The molecule has 0 N–H and O–H groups in total. The molecule has 0 spiro atoms. The number of nitrogens with zero attached hydrogens (tertiary/aromatic N) is 2. The molecule has 7 heteroatoms. The zero-order chi connectivity index (χ0) is 7.78. The minimum atomic E-state index is -2.54. The Morgan fingerprint density at radius 3 is 2.30 bits per heavy atom. The average molecular weight is 221 g/mol. The third-order valence-electron chi connectivity index (χ3n) is 0.655. The predicted octanol–water partition coefficient (Wildman–Crippen LogP) is 2.75. The molecule has 10 heavy (non-hydrogen) atoms. The molecule has 0 aromatic carbocycles. The van der Waals surface area contributed by atoms with Gasteiger partial charge in [0.15, 0.2) is 0 Å². The van der Waals surface area contributed by atoms with Crippen LogP contribution in [0.4, 0.5) is 4.39 Å². The summed E-state index contributed by atoms with van der Waals surface area (Å²) >= 11 is 16.1. The molecule has 56 valence electrons. The normalized spacial score (nSPS) is 12.0. The Hall–Kier alpha value is 0.360. The SMILES string of the molecule is FC(Cl)(Cl)c1nsc(Cl)n1. The minimum absolute atomic E-state index is 0.110. The van der Waals surface area contributed by atoms with E-state index >= 15 is 0 Å². The van der Waals surface area contributed by atoms with E-state index in [2.05, 4.69) is 9.36 Å². The molecule has 0 saturated carbocycles. The maximum atomic E-state index is 12.5. The van der Waals surface area contributed by atoms with Crippen LogP contribution in [0.15, 0.2) is 0 Å². The molecular weight excluding hydrogens is 221 g/mol. The van der Waals surface area contributed by atoms with Gasteiger partial charge in [-0.3, -0.25) is 0 Å². The van der Waals surface area contributed by atoms with Crippen molar-refractivity contribution in [3.63, 3.8) is 0 Å². The standard InChI is InChI=1S/C3Cl3FN2S/c4-2-8-1(9-10-2)3(5,6)7. The van der Waals surface area contributed by atoms with Gasteiger partial charge in [0.25, 0.3) is 0 Å². The number of aromatic nitrogens is 2. The van der Waals surface area contributed by atoms with E-state index in [1.165, 1.54) is 0 Å². The number of hydrogen-bond acceptors (Lipinski definition) is 3. The Balaban J connectivity index is 2.96. The molecule has 0 fully saturated rings. The van der Waals surface area contributed by atoms with E-state index in [9.17, 15) is 4.39 Å². The summed E-state index contributed by atoms with van der Waals surface area (Å²) in [4.78, 5) is 3.42. The number of hydrogen-bond donors (Lipinski definition) is 0. The lowest BCUT2D eigenvalue weighted by Crippen LogP contribution is -2.03. The molecule has 1 aromatic rings. The molecular formula is C3Cl3FN2S. The summed E-state index contributed by atoms with van der Waals surface area (Å²) in [5, 5.41) is 0. The Morgan fingerprint density at radius 1 is 1.50 bits per heavy atom. The Kier molecular flexibility index (Phi) is 2.34. The first-order valence-corrected chi connectivity index (χ1v) is 3.97. The maximum absolute atomic E-state index is 12.5. The summed E-state index contributed by atoms with van der Waals surface area (Å²) in [6, 6.07) is 0. The van der Waals surface area contributed by atoms with Crippen LogP contribution in [0.3, 0.4) is 0 Å². The second-order valence-electron chi connectivity index (χ2n) is 1.37. The molecule has 0 bridgehead atoms. The first kappa shape index (κ1) is 8.46. The van der Waals surface area contributed by atoms with Crippen molar-refractivity contribution in [2.45, 2.75) is 4.59 Å². The molecule has 0 aliphatic heterocycles.